The molecule has 0 saturated carbocycles. The number of cyclic esters (lactones) is 1. The highest BCUT2D eigenvalue weighted by Gasteiger charge is 2.20. The smallest absolute Gasteiger partial charge is 0.363 e. The zero-order chi connectivity index (χ0) is 19.2. The fraction of sp³-hybridized carbons (Fsp3) is 0.238. The number of esters is 1. The Kier molecular flexibility index (Phi) is 6.49. The zero-order valence-corrected chi connectivity index (χ0v) is 17.4. The topological polar surface area (TPSA) is 57.1 Å². The maximum absolute atomic E-state index is 11.8. The van der Waals surface area contributed by atoms with Crippen molar-refractivity contribution in [2.75, 3.05) is 13.2 Å². The number of ether oxygens (including phenoxy) is 3. The van der Waals surface area contributed by atoms with Crippen molar-refractivity contribution in [1.29, 1.82) is 0 Å². The van der Waals surface area contributed by atoms with E-state index in [4.69, 9.17) is 14.2 Å². The third kappa shape index (κ3) is 5.09. The molecule has 1 aliphatic heterocycles. The molecule has 0 radical (unpaired) electrons. The molecule has 0 spiro atoms. The monoisotopic (exact) mass is 477 g/mol. The van der Waals surface area contributed by atoms with Gasteiger partial charge in [0.15, 0.2) is 23.1 Å². The van der Waals surface area contributed by atoms with Gasteiger partial charge in [-0.25, -0.2) is 9.79 Å². The van der Waals surface area contributed by atoms with E-state index in [9.17, 15) is 4.79 Å². The van der Waals surface area contributed by atoms with Crippen molar-refractivity contribution >= 4 is 40.5 Å². The summed E-state index contributed by atoms with van der Waals surface area (Å²) in [6, 6.07) is 14.0. The largest absolute Gasteiger partial charge is 0.490 e. The van der Waals surface area contributed by atoms with Crippen LogP contribution in [0.25, 0.3) is 6.08 Å². The number of aliphatic imine (C=N–C) groups is 1. The minimum Gasteiger partial charge on any atom is -0.490 e. The second-order valence-electron chi connectivity index (χ2n) is 5.90. The maximum Gasteiger partial charge on any atom is 0.363 e. The minimum atomic E-state index is -0.441. The molecular formula is C21H20INO4. The number of carbonyl (C=O) groups is 1. The number of nitrogens with zero attached hydrogens (tertiary/aromatic N) is 1. The van der Waals surface area contributed by atoms with Crippen LogP contribution < -0.4 is 9.47 Å². The molecule has 3 rings (SSSR count). The molecule has 0 unspecified atom stereocenters. The van der Waals surface area contributed by atoms with Gasteiger partial charge in [-0.2, -0.15) is 0 Å². The predicted octanol–water partition coefficient (Wildman–Crippen LogP) is 4.63. The minimum absolute atomic E-state index is 0.281. The van der Waals surface area contributed by atoms with E-state index in [2.05, 4.69) is 39.7 Å². The normalized spacial score (nSPS) is 14.9. The first-order valence-electron chi connectivity index (χ1n) is 8.69. The molecule has 0 N–H and O–H groups in total. The van der Waals surface area contributed by atoms with Gasteiger partial charge in [-0.05, 0) is 58.9 Å². The van der Waals surface area contributed by atoms with E-state index in [0.29, 0.717) is 30.6 Å². The van der Waals surface area contributed by atoms with Crippen molar-refractivity contribution in [3.8, 4) is 11.5 Å². The highest BCUT2D eigenvalue weighted by Crippen LogP contribution is 2.35. The Bertz CT molecular complexity index is 891. The molecule has 27 heavy (non-hydrogen) atoms. The Morgan fingerprint density at radius 3 is 2.63 bits per heavy atom. The van der Waals surface area contributed by atoms with Gasteiger partial charge in [0, 0.05) is 13.3 Å². The maximum atomic E-state index is 11.8. The van der Waals surface area contributed by atoms with E-state index in [-0.39, 0.29) is 5.70 Å². The molecule has 1 aliphatic rings. The second-order valence-corrected chi connectivity index (χ2v) is 7.06. The number of halogens is 1. The van der Waals surface area contributed by atoms with E-state index in [1.165, 1.54) is 5.56 Å². The van der Waals surface area contributed by atoms with Crippen molar-refractivity contribution in [1.82, 2.24) is 0 Å². The van der Waals surface area contributed by atoms with E-state index in [1.54, 1.807) is 13.0 Å². The Morgan fingerprint density at radius 1 is 1.19 bits per heavy atom. The first-order chi connectivity index (χ1) is 13.1. The lowest BCUT2D eigenvalue weighted by Crippen LogP contribution is -2.05. The van der Waals surface area contributed by atoms with Gasteiger partial charge in [-0.3, -0.25) is 0 Å². The summed E-state index contributed by atoms with van der Waals surface area (Å²) in [5, 5.41) is 0. The van der Waals surface area contributed by atoms with Gasteiger partial charge in [0.2, 0.25) is 0 Å². The molecule has 140 valence electrons. The van der Waals surface area contributed by atoms with Crippen LogP contribution in [0.15, 0.2) is 53.2 Å². The van der Waals surface area contributed by atoms with Gasteiger partial charge in [-0.1, -0.05) is 30.3 Å². The van der Waals surface area contributed by atoms with Crippen LogP contribution in [0.5, 0.6) is 11.5 Å². The van der Waals surface area contributed by atoms with Crippen LogP contribution in [0.2, 0.25) is 0 Å². The molecule has 2 aromatic rings. The van der Waals surface area contributed by atoms with E-state index < -0.39 is 5.97 Å². The van der Waals surface area contributed by atoms with E-state index >= 15 is 0 Å². The summed E-state index contributed by atoms with van der Waals surface area (Å²) in [6.45, 7) is 4.65. The molecule has 0 amide bonds. The van der Waals surface area contributed by atoms with Crippen molar-refractivity contribution in [3.05, 3.63) is 62.9 Å². The fourth-order valence-electron chi connectivity index (χ4n) is 2.66. The Balaban J connectivity index is 1.80. The molecule has 1 heterocycles. The van der Waals surface area contributed by atoms with Crippen molar-refractivity contribution in [2.45, 2.75) is 20.3 Å². The van der Waals surface area contributed by atoms with Crippen LogP contribution in [0.4, 0.5) is 0 Å². The second kappa shape index (κ2) is 9.03. The average Bonchev–Trinajstić information content (AvgIpc) is 2.95. The van der Waals surface area contributed by atoms with Gasteiger partial charge in [0.1, 0.15) is 0 Å². The first kappa shape index (κ1) is 19.4. The Labute approximate surface area is 172 Å². The Hall–Kier alpha value is -2.35. The SMILES string of the molecule is CCOc1cc(C=C2N=C(C)OC2=O)cc(I)c1OCCc1ccccc1. The third-order valence-corrected chi connectivity index (χ3v) is 4.64. The molecule has 0 atom stereocenters. The summed E-state index contributed by atoms with van der Waals surface area (Å²) < 4.78 is 17.6. The van der Waals surface area contributed by atoms with Crippen LogP contribution in [-0.4, -0.2) is 25.1 Å². The molecular weight excluding hydrogens is 457 g/mol. The lowest BCUT2D eigenvalue weighted by atomic mass is 10.1. The number of benzene rings is 2. The zero-order valence-electron chi connectivity index (χ0n) is 15.2. The molecule has 2 aromatic carbocycles. The van der Waals surface area contributed by atoms with Crippen molar-refractivity contribution in [2.24, 2.45) is 4.99 Å². The van der Waals surface area contributed by atoms with Crippen LogP contribution in [0.3, 0.4) is 0 Å². The van der Waals surface area contributed by atoms with Gasteiger partial charge >= 0.3 is 5.97 Å². The summed E-state index contributed by atoms with van der Waals surface area (Å²) in [7, 11) is 0. The lowest BCUT2D eigenvalue weighted by molar-refractivity contribution is -0.130. The van der Waals surface area contributed by atoms with Crippen LogP contribution in [-0.2, 0) is 16.0 Å². The van der Waals surface area contributed by atoms with E-state index in [0.717, 1.165) is 15.6 Å². The molecule has 0 aliphatic carbocycles. The quantitative estimate of drug-likeness (QED) is 0.332. The number of hydrogen-bond acceptors (Lipinski definition) is 5. The highest BCUT2D eigenvalue weighted by molar-refractivity contribution is 14.1. The van der Waals surface area contributed by atoms with Gasteiger partial charge < -0.3 is 14.2 Å². The molecule has 0 saturated heterocycles. The van der Waals surface area contributed by atoms with Crippen molar-refractivity contribution < 1.29 is 19.0 Å². The highest BCUT2D eigenvalue weighted by atomic mass is 127. The molecule has 6 heteroatoms. The third-order valence-electron chi connectivity index (χ3n) is 3.84. The standard InChI is InChI=1S/C21H20INO4/c1-3-25-19-13-16(12-18-21(24)27-14(2)23-18)11-17(22)20(19)26-10-9-15-7-5-4-6-8-15/h4-8,11-13H,3,9-10H2,1-2H3. The molecule has 0 aromatic heterocycles. The molecule has 0 bridgehead atoms. The predicted molar refractivity (Wildman–Crippen MR) is 113 cm³/mol. The number of hydrogen-bond donors (Lipinski definition) is 0. The van der Waals surface area contributed by atoms with Gasteiger partial charge in [0.25, 0.3) is 0 Å². The van der Waals surface area contributed by atoms with Gasteiger partial charge in [-0.15, -0.1) is 0 Å². The summed E-state index contributed by atoms with van der Waals surface area (Å²) in [5.74, 6) is 1.27. The number of rotatable bonds is 7. The van der Waals surface area contributed by atoms with Gasteiger partial charge in [0.05, 0.1) is 16.8 Å². The number of carbonyl (C=O) groups excluding carboxylic acids is 1. The average molecular weight is 477 g/mol. The van der Waals surface area contributed by atoms with Crippen molar-refractivity contribution in [3.63, 3.8) is 0 Å². The first-order valence-corrected chi connectivity index (χ1v) is 9.77. The summed E-state index contributed by atoms with van der Waals surface area (Å²) >= 11 is 2.22. The van der Waals surface area contributed by atoms with Crippen LogP contribution in [0, 0.1) is 3.57 Å². The summed E-state index contributed by atoms with van der Waals surface area (Å²) in [5.41, 5.74) is 2.31. The van der Waals surface area contributed by atoms with Crippen LogP contribution in [0.1, 0.15) is 25.0 Å². The lowest BCUT2D eigenvalue weighted by Gasteiger charge is -2.15. The molecule has 0 fully saturated rings. The van der Waals surface area contributed by atoms with E-state index in [1.807, 2.05) is 37.3 Å². The summed E-state index contributed by atoms with van der Waals surface area (Å²) in [6.07, 6.45) is 2.51. The molecule has 5 nitrogen and oxygen atoms in total. The Morgan fingerprint density at radius 2 is 1.96 bits per heavy atom. The van der Waals surface area contributed by atoms with Crippen LogP contribution >= 0.6 is 22.6 Å². The summed E-state index contributed by atoms with van der Waals surface area (Å²) in [4.78, 5) is 15.9. The fourth-order valence-corrected chi connectivity index (χ4v) is 3.44.